The molecule has 0 saturated heterocycles. The lowest BCUT2D eigenvalue weighted by Gasteiger charge is -2.03. The van der Waals surface area contributed by atoms with E-state index in [1.54, 1.807) is 0 Å². The Balaban J connectivity index is 2.35. The van der Waals surface area contributed by atoms with Crippen molar-refractivity contribution in [1.29, 1.82) is 0 Å². The zero-order chi connectivity index (χ0) is 12.0. The van der Waals surface area contributed by atoms with E-state index in [-0.39, 0.29) is 18.8 Å². The summed E-state index contributed by atoms with van der Waals surface area (Å²) < 4.78 is 4.83. The minimum absolute atomic E-state index is 0.0249. The number of benzene rings is 1. The third-order valence-corrected chi connectivity index (χ3v) is 1.87. The number of esters is 1. The second kappa shape index (κ2) is 5.75. The molecule has 0 spiro atoms. The summed E-state index contributed by atoms with van der Waals surface area (Å²) >= 11 is 0. The molecule has 86 valence electrons. The molecule has 0 bridgehead atoms. The van der Waals surface area contributed by atoms with Gasteiger partial charge >= 0.3 is 11.9 Å². The average Bonchev–Trinajstić information content (AvgIpc) is 2.25. The van der Waals surface area contributed by atoms with E-state index in [2.05, 4.69) is 0 Å². The highest BCUT2D eigenvalue weighted by Crippen LogP contribution is 2.10. The Morgan fingerprint density at radius 3 is 2.38 bits per heavy atom. The number of rotatable bonds is 5. The molecule has 0 aromatic heterocycles. The molecule has 2 N–H and O–H groups in total. The largest absolute Gasteiger partial charge is 0.508 e. The van der Waals surface area contributed by atoms with E-state index in [0.717, 1.165) is 0 Å². The standard InChI is InChI=1S/C11H12O5/c12-9-5-3-8(4-6-9)11(15)16-7-1-2-10(13)14/h3-6,12H,1-2,7H2,(H,13,14). The molecule has 0 fully saturated rings. The van der Waals surface area contributed by atoms with E-state index in [1.807, 2.05) is 0 Å². The summed E-state index contributed by atoms with van der Waals surface area (Å²) in [5.74, 6) is -1.37. The number of phenols is 1. The zero-order valence-corrected chi connectivity index (χ0v) is 8.55. The number of hydrogen-bond donors (Lipinski definition) is 2. The first-order chi connectivity index (χ1) is 7.59. The van der Waals surface area contributed by atoms with Crippen molar-refractivity contribution in [2.75, 3.05) is 6.61 Å². The highest BCUT2D eigenvalue weighted by atomic mass is 16.5. The number of carboxylic acids is 1. The normalized spacial score (nSPS) is 9.75. The quantitative estimate of drug-likeness (QED) is 0.583. The highest BCUT2D eigenvalue weighted by Gasteiger charge is 2.06. The van der Waals surface area contributed by atoms with E-state index in [0.29, 0.717) is 12.0 Å². The van der Waals surface area contributed by atoms with Crippen molar-refractivity contribution in [3.8, 4) is 5.75 Å². The van der Waals surface area contributed by atoms with E-state index in [1.165, 1.54) is 24.3 Å². The van der Waals surface area contributed by atoms with Gasteiger partial charge in [0.1, 0.15) is 5.75 Å². The van der Waals surface area contributed by atoms with Gasteiger partial charge in [-0.25, -0.2) is 4.79 Å². The third kappa shape index (κ3) is 4.00. The van der Waals surface area contributed by atoms with Gasteiger partial charge in [-0.05, 0) is 30.7 Å². The van der Waals surface area contributed by atoms with Crippen molar-refractivity contribution < 1.29 is 24.5 Å². The number of hydrogen-bond acceptors (Lipinski definition) is 4. The van der Waals surface area contributed by atoms with E-state index in [9.17, 15) is 9.59 Å². The first-order valence-electron chi connectivity index (χ1n) is 4.77. The zero-order valence-electron chi connectivity index (χ0n) is 8.55. The molecule has 0 amide bonds. The maximum absolute atomic E-state index is 11.3. The number of aromatic hydroxyl groups is 1. The van der Waals surface area contributed by atoms with Crippen LogP contribution in [0.3, 0.4) is 0 Å². The summed E-state index contributed by atoms with van der Waals surface area (Å²) in [6, 6.07) is 5.64. The maximum atomic E-state index is 11.3. The first-order valence-corrected chi connectivity index (χ1v) is 4.77. The van der Waals surface area contributed by atoms with Gasteiger partial charge in [-0.2, -0.15) is 0 Å². The fraction of sp³-hybridized carbons (Fsp3) is 0.273. The third-order valence-electron chi connectivity index (χ3n) is 1.87. The SMILES string of the molecule is O=C(O)CCCOC(=O)c1ccc(O)cc1. The second-order valence-electron chi connectivity index (χ2n) is 3.18. The molecule has 0 radical (unpaired) electrons. The predicted octanol–water partition coefficient (Wildman–Crippen LogP) is 1.41. The number of aliphatic carboxylic acids is 1. The van der Waals surface area contributed by atoms with Crippen LogP contribution in [0.1, 0.15) is 23.2 Å². The van der Waals surface area contributed by atoms with Crippen molar-refractivity contribution >= 4 is 11.9 Å². The Morgan fingerprint density at radius 1 is 1.19 bits per heavy atom. The Morgan fingerprint density at radius 2 is 1.81 bits per heavy atom. The molecule has 1 aromatic carbocycles. The van der Waals surface area contributed by atoms with Crippen LogP contribution in [0.2, 0.25) is 0 Å². The monoisotopic (exact) mass is 224 g/mol. The van der Waals surface area contributed by atoms with Crippen molar-refractivity contribution in [3.05, 3.63) is 29.8 Å². The van der Waals surface area contributed by atoms with Crippen LogP contribution in [0.25, 0.3) is 0 Å². The minimum atomic E-state index is -0.916. The lowest BCUT2D eigenvalue weighted by Crippen LogP contribution is -2.07. The summed E-state index contributed by atoms with van der Waals surface area (Å²) in [7, 11) is 0. The van der Waals surface area contributed by atoms with Gasteiger partial charge in [-0.3, -0.25) is 4.79 Å². The summed E-state index contributed by atoms with van der Waals surface area (Å²) in [5.41, 5.74) is 0.327. The number of carbonyl (C=O) groups is 2. The van der Waals surface area contributed by atoms with Gasteiger partial charge in [-0.1, -0.05) is 0 Å². The molecule has 0 aliphatic rings. The van der Waals surface area contributed by atoms with Crippen LogP contribution >= 0.6 is 0 Å². The van der Waals surface area contributed by atoms with Crippen molar-refractivity contribution in [2.24, 2.45) is 0 Å². The van der Waals surface area contributed by atoms with Crippen LogP contribution in [0.4, 0.5) is 0 Å². The van der Waals surface area contributed by atoms with Crippen molar-refractivity contribution in [2.45, 2.75) is 12.8 Å². The second-order valence-corrected chi connectivity index (χ2v) is 3.18. The Hall–Kier alpha value is -2.04. The molecule has 0 heterocycles. The summed E-state index contributed by atoms with van der Waals surface area (Å²) in [4.78, 5) is 21.5. The van der Waals surface area contributed by atoms with Crippen LogP contribution in [-0.4, -0.2) is 28.8 Å². The van der Waals surface area contributed by atoms with Gasteiger partial charge in [0.15, 0.2) is 0 Å². The molecule has 0 atom stereocenters. The lowest BCUT2D eigenvalue weighted by molar-refractivity contribution is -0.137. The predicted molar refractivity (Wildman–Crippen MR) is 55.3 cm³/mol. The van der Waals surface area contributed by atoms with Gasteiger partial charge in [0.2, 0.25) is 0 Å². The molecule has 1 aromatic rings. The molecular formula is C11H12O5. The Bertz CT molecular complexity index is 368. The molecule has 0 saturated carbocycles. The van der Waals surface area contributed by atoms with Gasteiger partial charge in [0.05, 0.1) is 12.2 Å². The Kier molecular flexibility index (Phi) is 4.32. The molecule has 5 heteroatoms. The topological polar surface area (TPSA) is 83.8 Å². The number of carboxylic acid groups (broad SMARTS) is 1. The van der Waals surface area contributed by atoms with Gasteiger partial charge in [0.25, 0.3) is 0 Å². The van der Waals surface area contributed by atoms with E-state index in [4.69, 9.17) is 14.9 Å². The van der Waals surface area contributed by atoms with Crippen LogP contribution in [0, 0.1) is 0 Å². The fourth-order valence-corrected chi connectivity index (χ4v) is 1.07. The molecule has 0 unspecified atom stereocenters. The fourth-order valence-electron chi connectivity index (χ4n) is 1.07. The summed E-state index contributed by atoms with van der Waals surface area (Å²) in [5, 5.41) is 17.4. The van der Waals surface area contributed by atoms with Gasteiger partial charge in [-0.15, -0.1) is 0 Å². The van der Waals surface area contributed by atoms with E-state index >= 15 is 0 Å². The number of ether oxygens (including phenoxy) is 1. The molecule has 1 rings (SSSR count). The molecule has 5 nitrogen and oxygen atoms in total. The van der Waals surface area contributed by atoms with Crippen molar-refractivity contribution in [3.63, 3.8) is 0 Å². The van der Waals surface area contributed by atoms with Crippen LogP contribution in [-0.2, 0) is 9.53 Å². The maximum Gasteiger partial charge on any atom is 0.338 e. The van der Waals surface area contributed by atoms with Gasteiger partial charge < -0.3 is 14.9 Å². The van der Waals surface area contributed by atoms with Crippen LogP contribution in [0.15, 0.2) is 24.3 Å². The first kappa shape index (κ1) is 12.0. The van der Waals surface area contributed by atoms with Crippen LogP contribution < -0.4 is 0 Å². The molecular weight excluding hydrogens is 212 g/mol. The smallest absolute Gasteiger partial charge is 0.338 e. The molecule has 0 aliphatic heterocycles. The molecule has 0 aliphatic carbocycles. The Labute approximate surface area is 92.3 Å². The lowest BCUT2D eigenvalue weighted by atomic mass is 10.2. The molecule has 16 heavy (non-hydrogen) atoms. The summed E-state index contributed by atoms with van der Waals surface area (Å²) in [6.07, 6.45) is 0.266. The van der Waals surface area contributed by atoms with Crippen LogP contribution in [0.5, 0.6) is 5.75 Å². The number of carbonyl (C=O) groups excluding carboxylic acids is 1. The van der Waals surface area contributed by atoms with Crippen molar-refractivity contribution in [1.82, 2.24) is 0 Å². The van der Waals surface area contributed by atoms with Gasteiger partial charge in [0, 0.05) is 6.42 Å². The minimum Gasteiger partial charge on any atom is -0.508 e. The number of phenolic OH excluding ortho intramolecular Hbond substituents is 1. The summed E-state index contributed by atoms with van der Waals surface area (Å²) in [6.45, 7) is 0.0754. The van der Waals surface area contributed by atoms with E-state index < -0.39 is 11.9 Å². The average molecular weight is 224 g/mol. The highest BCUT2D eigenvalue weighted by molar-refractivity contribution is 5.89.